The van der Waals surface area contributed by atoms with E-state index >= 15 is 0 Å². The Labute approximate surface area is 140 Å². The number of halogens is 1. The van der Waals surface area contributed by atoms with Crippen LogP contribution < -0.4 is 5.32 Å². The van der Waals surface area contributed by atoms with Crippen LogP contribution in [0.5, 0.6) is 0 Å². The average Bonchev–Trinajstić information content (AvgIpc) is 2.57. The van der Waals surface area contributed by atoms with Crippen molar-refractivity contribution in [2.75, 3.05) is 11.9 Å². The summed E-state index contributed by atoms with van der Waals surface area (Å²) in [6.45, 7) is 2.14. The first-order valence-corrected chi connectivity index (χ1v) is 7.95. The van der Waals surface area contributed by atoms with E-state index in [1.165, 1.54) is 36.8 Å². The van der Waals surface area contributed by atoms with Crippen molar-refractivity contribution in [2.45, 2.75) is 25.8 Å². The van der Waals surface area contributed by atoms with E-state index in [1.807, 2.05) is 24.3 Å². The number of anilines is 1. The summed E-state index contributed by atoms with van der Waals surface area (Å²) < 4.78 is 12.9. The summed E-state index contributed by atoms with van der Waals surface area (Å²) >= 11 is 0. The molecule has 0 spiro atoms. The lowest BCUT2D eigenvalue weighted by Gasteiger charge is -2.36. The lowest BCUT2D eigenvalue weighted by molar-refractivity contribution is -0.132. The number of carbonyl (C=O) groups excluding carboxylic acids is 2. The second kappa shape index (κ2) is 6.83. The summed E-state index contributed by atoms with van der Waals surface area (Å²) in [5.74, 6) is -0.587. The lowest BCUT2D eigenvalue weighted by atomic mass is 9.90. The first-order valence-electron chi connectivity index (χ1n) is 7.95. The highest BCUT2D eigenvalue weighted by Gasteiger charge is 2.30. The Balaban J connectivity index is 1.79. The van der Waals surface area contributed by atoms with E-state index in [1.54, 1.807) is 4.90 Å². The third kappa shape index (κ3) is 3.45. The maximum absolute atomic E-state index is 12.9. The molecule has 1 atom stereocenters. The fourth-order valence-electron chi connectivity index (χ4n) is 3.17. The zero-order valence-corrected chi connectivity index (χ0v) is 13.5. The zero-order chi connectivity index (χ0) is 17.1. The van der Waals surface area contributed by atoms with Crippen molar-refractivity contribution in [3.63, 3.8) is 0 Å². The van der Waals surface area contributed by atoms with Crippen molar-refractivity contribution in [1.82, 2.24) is 4.90 Å². The van der Waals surface area contributed by atoms with Gasteiger partial charge in [0, 0.05) is 19.2 Å². The number of nitrogens with one attached hydrogen (secondary N) is 1. The van der Waals surface area contributed by atoms with E-state index in [9.17, 15) is 14.0 Å². The zero-order valence-electron chi connectivity index (χ0n) is 13.5. The second-order valence-electron chi connectivity index (χ2n) is 5.94. The van der Waals surface area contributed by atoms with E-state index in [0.717, 1.165) is 12.0 Å². The normalized spacial score (nSPS) is 16.4. The van der Waals surface area contributed by atoms with Gasteiger partial charge >= 0.3 is 0 Å². The SMILES string of the molecule is CC(=O)N1CCc2ccccc2C1CC(=O)Nc1ccc(F)cc1. The van der Waals surface area contributed by atoms with Gasteiger partial charge < -0.3 is 10.2 Å². The van der Waals surface area contributed by atoms with Crippen LogP contribution in [-0.4, -0.2) is 23.3 Å². The topological polar surface area (TPSA) is 49.4 Å². The Bertz CT molecular complexity index is 758. The van der Waals surface area contributed by atoms with Crippen molar-refractivity contribution in [3.8, 4) is 0 Å². The van der Waals surface area contributed by atoms with E-state index in [-0.39, 0.29) is 30.1 Å². The van der Waals surface area contributed by atoms with Crippen LogP contribution in [0, 0.1) is 5.82 Å². The molecule has 0 aliphatic carbocycles. The minimum Gasteiger partial charge on any atom is -0.335 e. The molecule has 5 heteroatoms. The van der Waals surface area contributed by atoms with Crippen LogP contribution in [0.4, 0.5) is 10.1 Å². The number of amides is 2. The van der Waals surface area contributed by atoms with Crippen molar-refractivity contribution >= 4 is 17.5 Å². The van der Waals surface area contributed by atoms with Crippen LogP contribution in [-0.2, 0) is 16.0 Å². The molecular formula is C19H19FN2O2. The predicted molar refractivity (Wildman–Crippen MR) is 89.9 cm³/mol. The number of rotatable bonds is 3. The number of carbonyl (C=O) groups is 2. The first-order chi connectivity index (χ1) is 11.5. The summed E-state index contributed by atoms with van der Waals surface area (Å²) in [5, 5.41) is 2.76. The van der Waals surface area contributed by atoms with Gasteiger partial charge in [0.1, 0.15) is 5.82 Å². The molecule has 4 nitrogen and oxygen atoms in total. The van der Waals surface area contributed by atoms with E-state index in [4.69, 9.17) is 0 Å². The molecule has 0 fully saturated rings. The fraction of sp³-hybridized carbons (Fsp3) is 0.263. The van der Waals surface area contributed by atoms with E-state index in [0.29, 0.717) is 12.2 Å². The fourth-order valence-corrected chi connectivity index (χ4v) is 3.17. The molecule has 1 aliphatic heterocycles. The molecule has 2 aromatic rings. The number of benzene rings is 2. The molecule has 0 aromatic heterocycles. The lowest BCUT2D eigenvalue weighted by Crippen LogP contribution is -2.40. The number of fused-ring (bicyclic) bond motifs is 1. The summed E-state index contributed by atoms with van der Waals surface area (Å²) in [6, 6.07) is 13.3. The molecule has 3 rings (SSSR count). The highest BCUT2D eigenvalue weighted by atomic mass is 19.1. The molecule has 1 N–H and O–H groups in total. The second-order valence-corrected chi connectivity index (χ2v) is 5.94. The van der Waals surface area contributed by atoms with E-state index < -0.39 is 0 Å². The Morgan fingerprint density at radius 3 is 2.58 bits per heavy atom. The standard InChI is InChI=1S/C19H19FN2O2/c1-13(23)22-11-10-14-4-2-3-5-17(14)18(22)12-19(24)21-16-8-6-15(20)7-9-16/h2-9,18H,10-12H2,1H3,(H,21,24). The minimum atomic E-state index is -0.350. The van der Waals surface area contributed by atoms with Crippen LogP contribution in [0.2, 0.25) is 0 Å². The Morgan fingerprint density at radius 2 is 1.88 bits per heavy atom. The third-order valence-electron chi connectivity index (χ3n) is 4.32. The maximum Gasteiger partial charge on any atom is 0.226 e. The van der Waals surface area contributed by atoms with Gasteiger partial charge in [-0.2, -0.15) is 0 Å². The van der Waals surface area contributed by atoms with Gasteiger partial charge in [-0.25, -0.2) is 4.39 Å². The molecule has 0 bridgehead atoms. The molecule has 0 saturated carbocycles. The smallest absolute Gasteiger partial charge is 0.226 e. The molecule has 1 unspecified atom stereocenters. The van der Waals surface area contributed by atoms with Crippen molar-refractivity contribution in [2.24, 2.45) is 0 Å². The van der Waals surface area contributed by atoms with Crippen molar-refractivity contribution in [1.29, 1.82) is 0 Å². The van der Waals surface area contributed by atoms with Crippen LogP contribution in [0.15, 0.2) is 48.5 Å². The monoisotopic (exact) mass is 326 g/mol. The predicted octanol–water partition coefficient (Wildman–Crippen LogP) is 3.30. The van der Waals surface area contributed by atoms with Gasteiger partial charge in [0.05, 0.1) is 12.5 Å². The van der Waals surface area contributed by atoms with Crippen molar-refractivity contribution < 1.29 is 14.0 Å². The quantitative estimate of drug-likeness (QED) is 0.941. The van der Waals surface area contributed by atoms with Crippen LogP contribution >= 0.6 is 0 Å². The van der Waals surface area contributed by atoms with Crippen LogP contribution in [0.25, 0.3) is 0 Å². The number of hydrogen-bond acceptors (Lipinski definition) is 2. The highest BCUT2D eigenvalue weighted by Crippen LogP contribution is 2.32. The molecule has 1 aliphatic rings. The van der Waals surface area contributed by atoms with Gasteiger partial charge in [0.25, 0.3) is 0 Å². The van der Waals surface area contributed by atoms with Gasteiger partial charge in [0.15, 0.2) is 0 Å². The van der Waals surface area contributed by atoms with Gasteiger partial charge in [0.2, 0.25) is 11.8 Å². The Hall–Kier alpha value is -2.69. The molecule has 2 amide bonds. The van der Waals surface area contributed by atoms with Gasteiger partial charge in [-0.3, -0.25) is 9.59 Å². The summed E-state index contributed by atoms with van der Waals surface area (Å²) in [4.78, 5) is 26.1. The minimum absolute atomic E-state index is 0.0379. The summed E-state index contributed by atoms with van der Waals surface area (Å²) in [6.07, 6.45) is 0.972. The van der Waals surface area contributed by atoms with Crippen LogP contribution in [0.3, 0.4) is 0 Å². The summed E-state index contributed by atoms with van der Waals surface area (Å²) in [5.41, 5.74) is 2.74. The Kier molecular flexibility index (Phi) is 4.60. The maximum atomic E-state index is 12.9. The van der Waals surface area contributed by atoms with Gasteiger partial charge in [-0.05, 0) is 41.8 Å². The van der Waals surface area contributed by atoms with E-state index in [2.05, 4.69) is 5.32 Å². The van der Waals surface area contributed by atoms with Gasteiger partial charge in [-0.1, -0.05) is 24.3 Å². The summed E-state index contributed by atoms with van der Waals surface area (Å²) in [7, 11) is 0. The number of hydrogen-bond donors (Lipinski definition) is 1. The Morgan fingerprint density at radius 1 is 1.17 bits per heavy atom. The largest absolute Gasteiger partial charge is 0.335 e. The molecule has 1 heterocycles. The molecule has 2 aromatic carbocycles. The first kappa shape index (κ1) is 16.2. The highest BCUT2D eigenvalue weighted by molar-refractivity contribution is 5.91. The molecule has 24 heavy (non-hydrogen) atoms. The molecule has 0 radical (unpaired) electrons. The van der Waals surface area contributed by atoms with Crippen LogP contribution in [0.1, 0.15) is 30.5 Å². The van der Waals surface area contributed by atoms with Gasteiger partial charge in [-0.15, -0.1) is 0 Å². The molecule has 0 saturated heterocycles. The average molecular weight is 326 g/mol. The van der Waals surface area contributed by atoms with Crippen molar-refractivity contribution in [3.05, 3.63) is 65.5 Å². The molecular weight excluding hydrogens is 307 g/mol. The third-order valence-corrected chi connectivity index (χ3v) is 4.32. The number of nitrogens with zero attached hydrogens (tertiary/aromatic N) is 1. The molecule has 124 valence electrons.